The molecule has 2 heterocycles. The van der Waals surface area contributed by atoms with Crippen LogP contribution >= 0.6 is 0 Å². The summed E-state index contributed by atoms with van der Waals surface area (Å²) in [5.41, 5.74) is -1.84. The number of benzene rings is 1. The van der Waals surface area contributed by atoms with Gasteiger partial charge in [-0.3, -0.25) is 35.1 Å². The van der Waals surface area contributed by atoms with Crippen LogP contribution in [-0.4, -0.2) is 42.0 Å². The first kappa shape index (κ1) is 23.2. The van der Waals surface area contributed by atoms with Crippen molar-refractivity contribution in [3.05, 3.63) is 60.7 Å². The molecule has 0 radical (unpaired) electrons. The van der Waals surface area contributed by atoms with Gasteiger partial charge in [-0.05, 0) is 12.8 Å². The number of esters is 1. The van der Waals surface area contributed by atoms with Gasteiger partial charge in [-0.15, -0.1) is 0 Å². The maximum atomic E-state index is 11.4. The summed E-state index contributed by atoms with van der Waals surface area (Å²) in [6, 6.07) is 0.894. The average Bonchev–Trinajstić information content (AvgIpc) is 3.27. The van der Waals surface area contributed by atoms with Crippen molar-refractivity contribution in [1.29, 1.82) is 0 Å². The Hall–Kier alpha value is -4.10. The molecular weight excluding hydrogens is 418 g/mol. The average molecular weight is 437 g/mol. The predicted molar refractivity (Wildman–Crippen MR) is 103 cm³/mol. The van der Waals surface area contributed by atoms with E-state index in [9.17, 15) is 35.1 Å². The van der Waals surface area contributed by atoms with Gasteiger partial charge in [0, 0.05) is 24.9 Å². The minimum atomic E-state index is -1.21. The summed E-state index contributed by atoms with van der Waals surface area (Å²) in [5.74, 6) is -0.858. The van der Waals surface area contributed by atoms with E-state index in [0.29, 0.717) is 24.7 Å². The normalized spacial score (nSPS) is 17.4. The smallest absolute Gasteiger partial charge is 0.324 e. The molecule has 2 aromatic rings. The second kappa shape index (κ2) is 9.60. The third-order valence-electron chi connectivity index (χ3n) is 4.80. The lowest BCUT2D eigenvalue weighted by atomic mass is 9.89. The van der Waals surface area contributed by atoms with Gasteiger partial charge in [0.15, 0.2) is 0 Å². The molecule has 1 N–H and O–H groups in total. The Kier molecular flexibility index (Phi) is 7.18. The Morgan fingerprint density at radius 1 is 1.16 bits per heavy atom. The van der Waals surface area contributed by atoms with Crippen molar-refractivity contribution < 1.29 is 29.4 Å². The highest BCUT2D eigenvalue weighted by Gasteiger charge is 2.35. The maximum absolute atomic E-state index is 11.4. The Bertz CT molecular complexity index is 984. The Morgan fingerprint density at radius 3 is 2.16 bits per heavy atom. The van der Waals surface area contributed by atoms with Crippen LogP contribution in [0, 0.1) is 42.2 Å². The molecule has 0 saturated carbocycles. The molecule has 1 fully saturated rings. The van der Waals surface area contributed by atoms with E-state index in [-0.39, 0.29) is 11.9 Å². The first-order valence-electron chi connectivity index (χ1n) is 8.98. The summed E-state index contributed by atoms with van der Waals surface area (Å²) < 4.78 is 7.08. The molecule has 0 spiro atoms. The molecule has 166 valence electrons. The van der Waals surface area contributed by atoms with Gasteiger partial charge < -0.3 is 14.4 Å². The lowest BCUT2D eigenvalue weighted by Gasteiger charge is -2.12. The van der Waals surface area contributed by atoms with Gasteiger partial charge in [0.2, 0.25) is 0 Å². The van der Waals surface area contributed by atoms with Crippen LogP contribution in [0.1, 0.15) is 19.0 Å². The minimum absolute atomic E-state index is 0.0373. The standard InChI is InChI=1S/C11H16N2O2.C6H3N3O7/c1-3-10-8(6-15-11(10)14)4-9-5-12-7-13(9)2;10-6-4(8(13)14)1-3(7(11)12)2-5(6)9(15)16/h5,7-8,10H,3-4,6H2,1-2H3;1-2,10H/t8-,10-;/m0./s1. The molecule has 0 aliphatic carbocycles. The summed E-state index contributed by atoms with van der Waals surface area (Å²) in [5, 5.41) is 40.2. The fraction of sp³-hybridized carbons (Fsp3) is 0.412. The lowest BCUT2D eigenvalue weighted by Crippen LogP contribution is -2.18. The van der Waals surface area contributed by atoms with E-state index in [1.54, 1.807) is 6.33 Å². The molecule has 0 amide bonds. The van der Waals surface area contributed by atoms with Crippen molar-refractivity contribution in [2.45, 2.75) is 19.8 Å². The molecule has 1 saturated heterocycles. The van der Waals surface area contributed by atoms with Crippen LogP contribution in [0.2, 0.25) is 0 Å². The van der Waals surface area contributed by atoms with Crippen LogP contribution in [-0.2, 0) is 23.0 Å². The number of imidazole rings is 1. The first-order chi connectivity index (χ1) is 14.6. The van der Waals surface area contributed by atoms with Gasteiger partial charge in [-0.1, -0.05) is 6.92 Å². The summed E-state index contributed by atoms with van der Waals surface area (Å²) in [4.78, 5) is 43.2. The Balaban J connectivity index is 0.000000220. The van der Waals surface area contributed by atoms with E-state index in [2.05, 4.69) is 4.98 Å². The molecule has 1 aromatic carbocycles. The second-order valence-electron chi connectivity index (χ2n) is 6.71. The third-order valence-corrected chi connectivity index (χ3v) is 4.80. The van der Waals surface area contributed by atoms with E-state index in [0.717, 1.165) is 18.5 Å². The number of ether oxygens (including phenoxy) is 1. The van der Waals surface area contributed by atoms with Crippen molar-refractivity contribution in [3.8, 4) is 5.75 Å². The van der Waals surface area contributed by atoms with Crippen LogP contribution < -0.4 is 0 Å². The summed E-state index contributed by atoms with van der Waals surface area (Å²) in [7, 11) is 1.97. The van der Waals surface area contributed by atoms with Crippen molar-refractivity contribution in [2.75, 3.05) is 6.61 Å². The van der Waals surface area contributed by atoms with Crippen molar-refractivity contribution in [1.82, 2.24) is 9.55 Å². The molecule has 31 heavy (non-hydrogen) atoms. The Morgan fingerprint density at radius 2 is 1.74 bits per heavy atom. The predicted octanol–water partition coefficient (Wildman–Crippen LogP) is 2.28. The van der Waals surface area contributed by atoms with Gasteiger partial charge in [-0.2, -0.15) is 0 Å². The van der Waals surface area contributed by atoms with Crippen LogP contribution in [0.25, 0.3) is 0 Å². The molecule has 2 atom stereocenters. The molecule has 0 unspecified atom stereocenters. The van der Waals surface area contributed by atoms with Crippen molar-refractivity contribution >= 4 is 23.0 Å². The number of nitro groups is 3. The largest absolute Gasteiger partial charge is 0.497 e. The number of rotatable bonds is 6. The van der Waals surface area contributed by atoms with E-state index in [1.165, 1.54) is 0 Å². The van der Waals surface area contributed by atoms with E-state index < -0.39 is 37.6 Å². The monoisotopic (exact) mass is 437 g/mol. The maximum Gasteiger partial charge on any atom is 0.324 e. The van der Waals surface area contributed by atoms with Crippen LogP contribution in [0.5, 0.6) is 5.75 Å². The third kappa shape index (κ3) is 5.29. The number of aryl methyl sites for hydroxylation is 1. The number of aromatic hydroxyl groups is 1. The van der Waals surface area contributed by atoms with Gasteiger partial charge >= 0.3 is 17.3 Å². The van der Waals surface area contributed by atoms with Crippen LogP contribution in [0.15, 0.2) is 24.7 Å². The molecule has 1 aromatic heterocycles. The highest BCUT2D eigenvalue weighted by Crippen LogP contribution is 2.39. The van der Waals surface area contributed by atoms with Crippen molar-refractivity contribution in [3.63, 3.8) is 0 Å². The molecule has 0 bridgehead atoms. The molecule has 14 heteroatoms. The highest BCUT2D eigenvalue weighted by molar-refractivity contribution is 5.74. The molecule has 14 nitrogen and oxygen atoms in total. The fourth-order valence-electron chi connectivity index (χ4n) is 3.13. The number of carbonyl (C=O) groups is 1. The summed E-state index contributed by atoms with van der Waals surface area (Å²) in [6.45, 7) is 2.59. The number of non-ortho nitro benzene ring substituents is 1. The number of aromatic nitrogens is 2. The zero-order chi connectivity index (χ0) is 23.3. The number of carbonyl (C=O) groups excluding carboxylic acids is 1. The lowest BCUT2D eigenvalue weighted by molar-refractivity contribution is -0.404. The summed E-state index contributed by atoms with van der Waals surface area (Å²) in [6.07, 6.45) is 5.38. The van der Waals surface area contributed by atoms with Crippen molar-refractivity contribution in [2.24, 2.45) is 18.9 Å². The number of nitrogens with zero attached hydrogens (tertiary/aromatic N) is 5. The Labute approximate surface area is 174 Å². The van der Waals surface area contributed by atoms with Gasteiger partial charge in [0.05, 0.1) is 45.8 Å². The quantitative estimate of drug-likeness (QED) is 0.398. The number of phenols is 1. The van der Waals surface area contributed by atoms with E-state index >= 15 is 0 Å². The molecule has 1 aliphatic heterocycles. The topological polar surface area (TPSA) is 194 Å². The zero-order valence-corrected chi connectivity index (χ0v) is 16.5. The fourth-order valence-corrected chi connectivity index (χ4v) is 3.13. The molecule has 1 aliphatic rings. The minimum Gasteiger partial charge on any atom is -0.497 e. The highest BCUT2D eigenvalue weighted by atomic mass is 16.6. The SMILES string of the molecule is CC[C@@H]1C(=O)OC[C@@H]1Cc1cncn1C.O=[N+]([O-])c1cc([N+](=O)[O-])c(O)c([N+](=O)[O-])c1. The first-order valence-corrected chi connectivity index (χ1v) is 8.98. The van der Waals surface area contributed by atoms with Crippen LogP contribution in [0.3, 0.4) is 0 Å². The van der Waals surface area contributed by atoms with E-state index in [1.807, 2.05) is 24.7 Å². The second-order valence-corrected chi connectivity index (χ2v) is 6.71. The van der Waals surface area contributed by atoms with Crippen LogP contribution in [0.4, 0.5) is 17.1 Å². The van der Waals surface area contributed by atoms with Gasteiger partial charge in [0.25, 0.3) is 11.4 Å². The number of hydrogen-bond acceptors (Lipinski definition) is 10. The molecular formula is C17H19N5O9. The number of hydrogen-bond donors (Lipinski definition) is 1. The number of cyclic esters (lactones) is 1. The summed E-state index contributed by atoms with van der Waals surface area (Å²) >= 11 is 0. The van der Waals surface area contributed by atoms with Gasteiger partial charge in [-0.25, -0.2) is 4.98 Å². The zero-order valence-electron chi connectivity index (χ0n) is 16.5. The number of phenolic OH excluding ortho intramolecular Hbond substituents is 1. The van der Waals surface area contributed by atoms with E-state index in [4.69, 9.17) is 9.84 Å². The number of nitro benzene ring substituents is 3. The molecule has 3 rings (SSSR count). The van der Waals surface area contributed by atoms with Gasteiger partial charge in [0.1, 0.15) is 0 Å².